The van der Waals surface area contributed by atoms with E-state index in [1.54, 1.807) is 13.4 Å². The van der Waals surface area contributed by atoms with Crippen molar-refractivity contribution in [3.05, 3.63) is 27.2 Å². The number of ether oxygens (including phenoxy) is 1. The zero-order valence-electron chi connectivity index (χ0n) is 11.7. The Kier molecular flexibility index (Phi) is 3.21. The van der Waals surface area contributed by atoms with E-state index in [2.05, 4.69) is 4.98 Å². The summed E-state index contributed by atoms with van der Waals surface area (Å²) < 4.78 is 9.54. The van der Waals surface area contributed by atoms with Crippen LogP contribution in [0.5, 0.6) is 0 Å². The summed E-state index contributed by atoms with van der Waals surface area (Å²) in [6, 6.07) is 0. The molecule has 3 heterocycles. The van der Waals surface area contributed by atoms with E-state index >= 15 is 0 Å². The van der Waals surface area contributed by atoms with E-state index in [-0.39, 0.29) is 11.2 Å². The molecule has 0 saturated carbocycles. The number of aryl methyl sites for hydroxylation is 2. The number of hydrogen-bond donors (Lipinski definition) is 0. The summed E-state index contributed by atoms with van der Waals surface area (Å²) in [5.74, 6) is 0. The van der Waals surface area contributed by atoms with Crippen LogP contribution < -0.4 is 11.2 Å². The Balaban J connectivity index is 1.87. The van der Waals surface area contributed by atoms with Gasteiger partial charge < -0.3 is 9.30 Å². The molecule has 0 aromatic carbocycles. The molecule has 0 aliphatic carbocycles. The van der Waals surface area contributed by atoms with E-state index in [9.17, 15) is 9.59 Å². The number of nitrogens with zero attached hydrogens (tertiary/aromatic N) is 4. The molecule has 3 rings (SSSR count). The van der Waals surface area contributed by atoms with E-state index in [0.29, 0.717) is 17.3 Å². The van der Waals surface area contributed by atoms with Gasteiger partial charge >= 0.3 is 5.69 Å². The summed E-state index contributed by atoms with van der Waals surface area (Å²) in [5.41, 5.74) is 0.311. The minimum absolute atomic E-state index is 0.286. The van der Waals surface area contributed by atoms with E-state index in [4.69, 9.17) is 4.74 Å². The molecule has 7 heteroatoms. The van der Waals surface area contributed by atoms with Crippen molar-refractivity contribution >= 4 is 11.2 Å². The topological polar surface area (TPSA) is 74.3 Å². The quantitative estimate of drug-likeness (QED) is 0.570. The van der Waals surface area contributed by atoms with E-state index in [0.717, 1.165) is 37.0 Å². The second-order valence-corrected chi connectivity index (χ2v) is 5.27. The Labute approximate surface area is 115 Å². The normalized spacial score (nSPS) is 17.8. The second-order valence-electron chi connectivity index (χ2n) is 5.27. The highest BCUT2D eigenvalue weighted by molar-refractivity contribution is 5.69. The molecule has 0 spiro atoms. The van der Waals surface area contributed by atoms with Gasteiger partial charge in [-0.1, -0.05) is 0 Å². The van der Waals surface area contributed by atoms with Crippen molar-refractivity contribution in [3.63, 3.8) is 0 Å². The first-order valence-electron chi connectivity index (χ1n) is 6.82. The molecule has 1 fully saturated rings. The van der Waals surface area contributed by atoms with Crippen LogP contribution in [0.15, 0.2) is 15.9 Å². The lowest BCUT2D eigenvalue weighted by molar-refractivity contribution is 0.387. The molecule has 0 bridgehead atoms. The number of fused-ring (bicyclic) bond motifs is 1. The molecule has 0 amide bonds. The smallest absolute Gasteiger partial charge is 0.332 e. The molecule has 2 aromatic heterocycles. The lowest BCUT2D eigenvalue weighted by Crippen LogP contribution is -2.37. The van der Waals surface area contributed by atoms with Crippen LogP contribution in [0, 0.1) is 0 Å². The largest absolute Gasteiger partial charge is 0.373 e. The third kappa shape index (κ3) is 2.18. The van der Waals surface area contributed by atoms with Crippen molar-refractivity contribution in [2.75, 3.05) is 6.61 Å². The summed E-state index contributed by atoms with van der Waals surface area (Å²) in [4.78, 5) is 28.2. The van der Waals surface area contributed by atoms with Gasteiger partial charge in [0.25, 0.3) is 5.56 Å². The molecule has 2 aromatic rings. The standard InChI is InChI=1S/C13H18N4O3/c1-15-11-10(12(18)16(2)13(15)19)17(8-14-11)6-4-3-5-9-7-20-9/h8-9H,3-7H2,1-2H3. The molecular formula is C13H18N4O3. The van der Waals surface area contributed by atoms with Crippen molar-refractivity contribution in [3.8, 4) is 0 Å². The molecular weight excluding hydrogens is 260 g/mol. The van der Waals surface area contributed by atoms with Crippen molar-refractivity contribution in [1.29, 1.82) is 0 Å². The van der Waals surface area contributed by atoms with Gasteiger partial charge in [0.15, 0.2) is 11.2 Å². The maximum atomic E-state index is 12.2. The van der Waals surface area contributed by atoms with Crippen LogP contribution in [0.1, 0.15) is 19.3 Å². The summed E-state index contributed by atoms with van der Waals surface area (Å²) >= 11 is 0. The summed E-state index contributed by atoms with van der Waals surface area (Å²) in [6.45, 7) is 1.62. The van der Waals surface area contributed by atoms with E-state index < -0.39 is 0 Å². The lowest BCUT2D eigenvalue weighted by Gasteiger charge is -2.06. The van der Waals surface area contributed by atoms with Crippen LogP contribution in [0.4, 0.5) is 0 Å². The summed E-state index contributed by atoms with van der Waals surface area (Å²) in [7, 11) is 3.12. The Morgan fingerprint density at radius 1 is 1.30 bits per heavy atom. The molecule has 1 aliphatic rings. The zero-order valence-corrected chi connectivity index (χ0v) is 11.7. The highest BCUT2D eigenvalue weighted by Gasteiger charge is 2.21. The minimum atomic E-state index is -0.348. The maximum absolute atomic E-state index is 12.2. The molecule has 0 radical (unpaired) electrons. The summed E-state index contributed by atoms with van der Waals surface area (Å²) in [5, 5.41) is 0. The molecule has 7 nitrogen and oxygen atoms in total. The highest BCUT2D eigenvalue weighted by atomic mass is 16.6. The highest BCUT2D eigenvalue weighted by Crippen LogP contribution is 2.17. The fraction of sp³-hybridized carbons (Fsp3) is 0.615. The van der Waals surface area contributed by atoms with Crippen LogP contribution in [0.3, 0.4) is 0 Å². The lowest BCUT2D eigenvalue weighted by atomic mass is 10.2. The van der Waals surface area contributed by atoms with Crippen molar-refractivity contribution in [2.24, 2.45) is 14.1 Å². The van der Waals surface area contributed by atoms with Crippen LogP contribution in [0.2, 0.25) is 0 Å². The molecule has 1 aliphatic heterocycles. The van der Waals surface area contributed by atoms with Gasteiger partial charge in [0.2, 0.25) is 0 Å². The van der Waals surface area contributed by atoms with Gasteiger partial charge in [0.05, 0.1) is 19.0 Å². The Hall–Kier alpha value is -1.89. The maximum Gasteiger partial charge on any atom is 0.332 e. The van der Waals surface area contributed by atoms with Crippen molar-refractivity contribution < 1.29 is 4.74 Å². The van der Waals surface area contributed by atoms with Gasteiger partial charge in [0.1, 0.15) is 0 Å². The first kappa shape index (κ1) is 13.1. The van der Waals surface area contributed by atoms with Gasteiger partial charge in [-0.3, -0.25) is 13.9 Å². The first-order chi connectivity index (χ1) is 9.59. The predicted molar refractivity (Wildman–Crippen MR) is 73.8 cm³/mol. The second kappa shape index (κ2) is 4.90. The third-order valence-corrected chi connectivity index (χ3v) is 3.79. The number of aromatic nitrogens is 4. The number of hydrogen-bond acceptors (Lipinski definition) is 4. The molecule has 20 heavy (non-hydrogen) atoms. The zero-order chi connectivity index (χ0) is 14.3. The molecule has 1 saturated heterocycles. The third-order valence-electron chi connectivity index (χ3n) is 3.79. The first-order valence-corrected chi connectivity index (χ1v) is 6.82. The van der Waals surface area contributed by atoms with E-state index in [1.165, 1.54) is 11.6 Å². The van der Waals surface area contributed by atoms with Crippen LogP contribution >= 0.6 is 0 Å². The van der Waals surface area contributed by atoms with Crippen LogP contribution in [-0.4, -0.2) is 31.4 Å². The molecule has 1 unspecified atom stereocenters. The monoisotopic (exact) mass is 278 g/mol. The van der Waals surface area contributed by atoms with Gasteiger partial charge in [0, 0.05) is 20.6 Å². The number of rotatable bonds is 5. The number of unbranched alkanes of at least 4 members (excludes halogenated alkanes) is 1. The fourth-order valence-corrected chi connectivity index (χ4v) is 2.46. The molecule has 0 N–H and O–H groups in total. The average molecular weight is 278 g/mol. The van der Waals surface area contributed by atoms with Crippen molar-refractivity contribution in [1.82, 2.24) is 18.7 Å². The Bertz CT molecular complexity index is 751. The van der Waals surface area contributed by atoms with Crippen molar-refractivity contribution in [2.45, 2.75) is 31.9 Å². The van der Waals surface area contributed by atoms with Gasteiger partial charge in [-0.2, -0.15) is 0 Å². The Morgan fingerprint density at radius 2 is 2.05 bits per heavy atom. The predicted octanol–water partition coefficient (Wildman–Crippen LogP) is 0.00280. The van der Waals surface area contributed by atoms with E-state index in [1.807, 2.05) is 4.57 Å². The SMILES string of the molecule is Cn1c(=O)c2c(ncn2CCCCC2CO2)n(C)c1=O. The fourth-order valence-electron chi connectivity index (χ4n) is 2.46. The molecule has 108 valence electrons. The number of epoxide rings is 1. The van der Waals surface area contributed by atoms with Gasteiger partial charge in [-0.05, 0) is 19.3 Å². The number of imidazole rings is 1. The average Bonchev–Trinajstić information content (AvgIpc) is 3.17. The van der Waals surface area contributed by atoms with Crippen LogP contribution in [-0.2, 0) is 25.4 Å². The van der Waals surface area contributed by atoms with Crippen LogP contribution in [0.25, 0.3) is 11.2 Å². The Morgan fingerprint density at radius 3 is 2.75 bits per heavy atom. The molecule has 1 atom stereocenters. The minimum Gasteiger partial charge on any atom is -0.373 e. The summed E-state index contributed by atoms with van der Waals surface area (Å²) in [6.07, 6.45) is 5.19. The van der Waals surface area contributed by atoms with Gasteiger partial charge in [-0.25, -0.2) is 9.78 Å². The van der Waals surface area contributed by atoms with Gasteiger partial charge in [-0.15, -0.1) is 0 Å².